The number of nitriles is 1. The molecule has 0 bridgehead atoms. The van der Waals surface area contributed by atoms with Gasteiger partial charge in [0.25, 0.3) is 0 Å². The molecule has 0 heterocycles. The van der Waals surface area contributed by atoms with Crippen LogP contribution in [0.3, 0.4) is 0 Å². The van der Waals surface area contributed by atoms with Crippen LogP contribution < -0.4 is 5.32 Å². The van der Waals surface area contributed by atoms with Gasteiger partial charge in [-0.2, -0.15) is 5.26 Å². The summed E-state index contributed by atoms with van der Waals surface area (Å²) < 4.78 is 12.8. The minimum absolute atomic E-state index is 0.313. The molecule has 0 aliphatic rings. The Balaban J connectivity index is 1.86. The summed E-state index contributed by atoms with van der Waals surface area (Å²) >= 11 is 0. The van der Waals surface area contributed by atoms with Crippen LogP contribution in [0.4, 0.5) is 10.1 Å². The van der Waals surface area contributed by atoms with E-state index in [0.29, 0.717) is 24.1 Å². The second kappa shape index (κ2) is 6.69. The second-order valence-corrected chi connectivity index (χ2v) is 4.48. The zero-order valence-electron chi connectivity index (χ0n) is 10.9. The first-order chi connectivity index (χ1) is 9.69. The van der Waals surface area contributed by atoms with E-state index in [0.717, 1.165) is 5.69 Å². The van der Waals surface area contributed by atoms with E-state index < -0.39 is 6.10 Å². The fourth-order valence-corrected chi connectivity index (χ4v) is 1.90. The van der Waals surface area contributed by atoms with E-state index in [2.05, 4.69) is 11.4 Å². The third kappa shape index (κ3) is 3.81. The van der Waals surface area contributed by atoms with Crippen molar-refractivity contribution in [2.45, 2.75) is 12.5 Å². The topological polar surface area (TPSA) is 56.0 Å². The number of aliphatic hydroxyl groups is 1. The van der Waals surface area contributed by atoms with Crippen molar-refractivity contribution in [1.82, 2.24) is 0 Å². The predicted octanol–water partition coefficient (Wildman–Crippen LogP) is 3.23. The summed E-state index contributed by atoms with van der Waals surface area (Å²) in [6.07, 6.45) is -0.134. The Bertz CT molecular complexity index is 605. The number of hydrogen-bond acceptors (Lipinski definition) is 3. The van der Waals surface area contributed by atoms with Crippen LogP contribution in [0.25, 0.3) is 0 Å². The van der Waals surface area contributed by atoms with Crippen LogP contribution >= 0.6 is 0 Å². The lowest BCUT2D eigenvalue weighted by Crippen LogP contribution is -2.07. The molecule has 0 aromatic heterocycles. The summed E-state index contributed by atoms with van der Waals surface area (Å²) in [5.74, 6) is -0.313. The van der Waals surface area contributed by atoms with Gasteiger partial charge in [-0.1, -0.05) is 18.2 Å². The highest BCUT2D eigenvalue weighted by atomic mass is 19.1. The zero-order valence-corrected chi connectivity index (χ0v) is 10.9. The lowest BCUT2D eigenvalue weighted by molar-refractivity contribution is 0.171. The maximum absolute atomic E-state index is 12.8. The first-order valence-electron chi connectivity index (χ1n) is 6.36. The molecule has 0 amide bonds. The van der Waals surface area contributed by atoms with Crippen molar-refractivity contribution in [2.24, 2.45) is 0 Å². The van der Waals surface area contributed by atoms with Crippen molar-refractivity contribution in [3.63, 3.8) is 0 Å². The SMILES string of the molecule is N#Cc1cccc(NCCC(O)c2ccc(F)cc2)c1. The van der Waals surface area contributed by atoms with Crippen LogP contribution in [0, 0.1) is 17.1 Å². The molecule has 3 nitrogen and oxygen atoms in total. The molecule has 102 valence electrons. The van der Waals surface area contributed by atoms with Crippen LogP contribution in [0.15, 0.2) is 48.5 Å². The summed E-state index contributed by atoms with van der Waals surface area (Å²) in [5, 5.41) is 21.9. The fourth-order valence-electron chi connectivity index (χ4n) is 1.90. The molecule has 2 rings (SSSR count). The molecule has 2 N–H and O–H groups in total. The van der Waals surface area contributed by atoms with Crippen LogP contribution in [0.1, 0.15) is 23.7 Å². The van der Waals surface area contributed by atoms with Crippen molar-refractivity contribution in [2.75, 3.05) is 11.9 Å². The monoisotopic (exact) mass is 270 g/mol. The Morgan fingerprint density at radius 1 is 1.20 bits per heavy atom. The van der Waals surface area contributed by atoms with Crippen molar-refractivity contribution < 1.29 is 9.50 Å². The number of rotatable bonds is 5. The molecule has 0 aliphatic heterocycles. The van der Waals surface area contributed by atoms with E-state index in [-0.39, 0.29) is 5.82 Å². The first kappa shape index (κ1) is 14.0. The average Bonchev–Trinajstić information content (AvgIpc) is 2.48. The minimum atomic E-state index is -0.637. The molecule has 20 heavy (non-hydrogen) atoms. The quantitative estimate of drug-likeness (QED) is 0.877. The van der Waals surface area contributed by atoms with Crippen molar-refractivity contribution in [3.05, 3.63) is 65.5 Å². The van der Waals surface area contributed by atoms with Crippen LogP contribution in [0.5, 0.6) is 0 Å². The Kier molecular flexibility index (Phi) is 4.70. The van der Waals surface area contributed by atoms with Gasteiger partial charge in [0.05, 0.1) is 17.7 Å². The summed E-state index contributed by atoms with van der Waals surface area (Å²) in [4.78, 5) is 0. The Labute approximate surface area is 117 Å². The van der Waals surface area contributed by atoms with Gasteiger partial charge in [0.15, 0.2) is 0 Å². The smallest absolute Gasteiger partial charge is 0.123 e. The summed E-state index contributed by atoms with van der Waals surface area (Å²) in [6.45, 7) is 0.563. The van der Waals surface area contributed by atoms with E-state index in [1.54, 1.807) is 30.3 Å². The van der Waals surface area contributed by atoms with Gasteiger partial charge < -0.3 is 10.4 Å². The Hall–Kier alpha value is -2.38. The normalized spacial score (nSPS) is 11.7. The van der Waals surface area contributed by atoms with Crippen LogP contribution in [-0.2, 0) is 0 Å². The average molecular weight is 270 g/mol. The Morgan fingerprint density at radius 2 is 1.95 bits per heavy atom. The second-order valence-electron chi connectivity index (χ2n) is 4.48. The maximum Gasteiger partial charge on any atom is 0.123 e. The lowest BCUT2D eigenvalue weighted by Gasteiger charge is -2.12. The summed E-state index contributed by atoms with van der Waals surface area (Å²) in [5.41, 5.74) is 2.13. The molecular formula is C16H15FN2O. The number of benzene rings is 2. The van der Waals surface area contributed by atoms with Crippen LogP contribution in [-0.4, -0.2) is 11.7 Å². The zero-order chi connectivity index (χ0) is 14.4. The Morgan fingerprint density at radius 3 is 2.65 bits per heavy atom. The molecule has 0 radical (unpaired) electrons. The number of aliphatic hydroxyl groups excluding tert-OH is 1. The third-order valence-corrected chi connectivity index (χ3v) is 2.99. The van der Waals surface area contributed by atoms with Gasteiger partial charge in [-0.25, -0.2) is 4.39 Å². The van der Waals surface area contributed by atoms with E-state index in [9.17, 15) is 9.50 Å². The highest BCUT2D eigenvalue weighted by molar-refractivity contribution is 5.49. The van der Waals surface area contributed by atoms with Gasteiger partial charge >= 0.3 is 0 Å². The van der Waals surface area contributed by atoms with Crippen molar-refractivity contribution >= 4 is 5.69 Å². The fraction of sp³-hybridized carbons (Fsp3) is 0.188. The third-order valence-electron chi connectivity index (χ3n) is 2.99. The number of anilines is 1. The van der Waals surface area contributed by atoms with Crippen molar-refractivity contribution in [3.8, 4) is 6.07 Å². The standard InChI is InChI=1S/C16H15FN2O/c17-14-6-4-13(5-7-14)16(20)8-9-19-15-3-1-2-12(10-15)11-18/h1-7,10,16,19-20H,8-9H2. The molecule has 1 atom stereocenters. The predicted molar refractivity (Wildman–Crippen MR) is 75.6 cm³/mol. The van der Waals surface area contributed by atoms with Gasteiger partial charge in [0, 0.05) is 12.2 Å². The van der Waals surface area contributed by atoms with Gasteiger partial charge in [-0.3, -0.25) is 0 Å². The molecule has 2 aromatic carbocycles. The van der Waals surface area contributed by atoms with E-state index in [4.69, 9.17) is 5.26 Å². The van der Waals surface area contributed by atoms with Crippen LogP contribution in [0.2, 0.25) is 0 Å². The molecule has 0 saturated carbocycles. The molecule has 0 spiro atoms. The van der Waals surface area contributed by atoms with E-state index in [1.807, 2.05) is 6.07 Å². The van der Waals surface area contributed by atoms with Gasteiger partial charge in [-0.15, -0.1) is 0 Å². The molecular weight excluding hydrogens is 255 g/mol. The number of halogens is 1. The number of nitrogens with zero attached hydrogens (tertiary/aromatic N) is 1. The highest BCUT2D eigenvalue weighted by Gasteiger charge is 2.07. The molecule has 0 fully saturated rings. The highest BCUT2D eigenvalue weighted by Crippen LogP contribution is 2.17. The largest absolute Gasteiger partial charge is 0.388 e. The maximum atomic E-state index is 12.8. The number of hydrogen-bond donors (Lipinski definition) is 2. The molecule has 0 saturated heterocycles. The van der Waals surface area contributed by atoms with E-state index >= 15 is 0 Å². The molecule has 2 aromatic rings. The molecule has 1 unspecified atom stereocenters. The van der Waals surface area contributed by atoms with Crippen molar-refractivity contribution in [1.29, 1.82) is 5.26 Å². The minimum Gasteiger partial charge on any atom is -0.388 e. The van der Waals surface area contributed by atoms with Gasteiger partial charge in [-0.05, 0) is 42.3 Å². The number of nitrogens with one attached hydrogen (secondary N) is 1. The molecule has 4 heteroatoms. The lowest BCUT2D eigenvalue weighted by atomic mass is 10.1. The summed E-state index contributed by atoms with van der Waals surface area (Å²) in [7, 11) is 0. The first-order valence-corrected chi connectivity index (χ1v) is 6.36. The van der Waals surface area contributed by atoms with Gasteiger partial charge in [0.2, 0.25) is 0 Å². The van der Waals surface area contributed by atoms with E-state index in [1.165, 1.54) is 12.1 Å². The molecule has 0 aliphatic carbocycles. The summed E-state index contributed by atoms with van der Waals surface area (Å²) in [6, 6.07) is 15.1. The van der Waals surface area contributed by atoms with Gasteiger partial charge in [0.1, 0.15) is 5.82 Å².